The van der Waals surface area contributed by atoms with Crippen LogP contribution in [0.4, 0.5) is 0 Å². The van der Waals surface area contributed by atoms with Crippen LogP contribution in [0.5, 0.6) is 0 Å². The SMILES string of the molecule is CCN1CCCC1CN(C)C(CN)c1ccc(C)cc1Br. The van der Waals surface area contributed by atoms with Crippen LogP contribution in [0.3, 0.4) is 0 Å². The van der Waals surface area contributed by atoms with Crippen LogP contribution in [0.1, 0.15) is 36.9 Å². The number of aryl methyl sites for hydroxylation is 1. The fourth-order valence-corrected chi connectivity index (χ4v) is 4.18. The second kappa shape index (κ2) is 7.73. The highest BCUT2D eigenvalue weighted by Gasteiger charge is 2.27. The lowest BCUT2D eigenvalue weighted by atomic mass is 10.0. The van der Waals surface area contributed by atoms with Crippen molar-refractivity contribution in [1.82, 2.24) is 9.80 Å². The Balaban J connectivity index is 2.09. The second-order valence-electron chi connectivity index (χ2n) is 6.14. The number of hydrogen-bond donors (Lipinski definition) is 1. The Morgan fingerprint density at radius 2 is 2.24 bits per heavy atom. The fraction of sp³-hybridized carbons (Fsp3) is 0.647. The minimum Gasteiger partial charge on any atom is -0.329 e. The number of rotatable bonds is 6. The molecule has 21 heavy (non-hydrogen) atoms. The van der Waals surface area contributed by atoms with Crippen LogP contribution in [0.15, 0.2) is 22.7 Å². The van der Waals surface area contributed by atoms with E-state index < -0.39 is 0 Å². The van der Waals surface area contributed by atoms with Gasteiger partial charge in [0.05, 0.1) is 0 Å². The van der Waals surface area contributed by atoms with Gasteiger partial charge in [-0.2, -0.15) is 0 Å². The van der Waals surface area contributed by atoms with Gasteiger partial charge in [0.1, 0.15) is 0 Å². The van der Waals surface area contributed by atoms with Crippen LogP contribution in [-0.2, 0) is 0 Å². The summed E-state index contributed by atoms with van der Waals surface area (Å²) >= 11 is 3.70. The standard InChI is InChI=1S/C17H28BrN3/c1-4-21-9-5-6-14(21)12-20(3)17(11-19)15-8-7-13(2)10-16(15)18/h7-8,10,14,17H,4-6,9,11-12,19H2,1-3H3. The lowest BCUT2D eigenvalue weighted by Gasteiger charge is -2.33. The van der Waals surface area contributed by atoms with Crippen molar-refractivity contribution >= 4 is 15.9 Å². The van der Waals surface area contributed by atoms with Crippen LogP contribution in [0, 0.1) is 6.92 Å². The maximum absolute atomic E-state index is 6.08. The Kier molecular flexibility index (Phi) is 6.23. The molecule has 1 aromatic carbocycles. The van der Waals surface area contributed by atoms with Gasteiger partial charge in [0.25, 0.3) is 0 Å². The smallest absolute Gasteiger partial charge is 0.0479 e. The molecule has 0 aliphatic carbocycles. The Morgan fingerprint density at radius 3 is 2.86 bits per heavy atom. The zero-order valence-electron chi connectivity index (χ0n) is 13.5. The van der Waals surface area contributed by atoms with E-state index in [0.717, 1.165) is 13.1 Å². The second-order valence-corrected chi connectivity index (χ2v) is 7.00. The van der Waals surface area contributed by atoms with Crippen LogP contribution in [0.2, 0.25) is 0 Å². The topological polar surface area (TPSA) is 32.5 Å². The molecule has 2 rings (SSSR count). The van der Waals surface area contributed by atoms with E-state index >= 15 is 0 Å². The summed E-state index contributed by atoms with van der Waals surface area (Å²) < 4.78 is 1.17. The van der Waals surface area contributed by atoms with Crippen molar-refractivity contribution in [2.75, 3.05) is 33.2 Å². The van der Waals surface area contributed by atoms with E-state index in [0.29, 0.717) is 12.6 Å². The van der Waals surface area contributed by atoms with Crippen molar-refractivity contribution in [3.63, 3.8) is 0 Å². The molecule has 0 amide bonds. The van der Waals surface area contributed by atoms with Crippen molar-refractivity contribution in [1.29, 1.82) is 0 Å². The molecule has 4 heteroatoms. The lowest BCUT2D eigenvalue weighted by Crippen LogP contribution is -2.41. The van der Waals surface area contributed by atoms with E-state index in [1.807, 2.05) is 0 Å². The third-order valence-electron chi connectivity index (χ3n) is 4.67. The number of hydrogen-bond acceptors (Lipinski definition) is 3. The largest absolute Gasteiger partial charge is 0.329 e. The van der Waals surface area contributed by atoms with Gasteiger partial charge in [-0.15, -0.1) is 0 Å². The predicted octanol–water partition coefficient (Wildman–Crippen LogP) is 3.17. The highest BCUT2D eigenvalue weighted by molar-refractivity contribution is 9.10. The summed E-state index contributed by atoms with van der Waals surface area (Å²) in [4.78, 5) is 5.02. The monoisotopic (exact) mass is 353 g/mol. The molecule has 1 heterocycles. The maximum atomic E-state index is 6.08. The maximum Gasteiger partial charge on any atom is 0.0479 e. The minimum absolute atomic E-state index is 0.277. The normalized spacial score (nSPS) is 21.1. The molecule has 1 saturated heterocycles. The van der Waals surface area contributed by atoms with Crippen molar-refractivity contribution in [2.24, 2.45) is 5.73 Å². The number of benzene rings is 1. The Labute approximate surface area is 137 Å². The van der Waals surface area contributed by atoms with E-state index in [-0.39, 0.29) is 6.04 Å². The number of nitrogens with two attached hydrogens (primary N) is 1. The minimum atomic E-state index is 0.277. The molecule has 118 valence electrons. The molecule has 0 bridgehead atoms. The predicted molar refractivity (Wildman–Crippen MR) is 93.6 cm³/mol. The van der Waals surface area contributed by atoms with Gasteiger partial charge in [0.15, 0.2) is 0 Å². The zero-order chi connectivity index (χ0) is 15.4. The van der Waals surface area contributed by atoms with E-state index in [9.17, 15) is 0 Å². The highest BCUT2D eigenvalue weighted by atomic mass is 79.9. The molecule has 0 aromatic heterocycles. The molecular weight excluding hydrogens is 326 g/mol. The van der Waals surface area contributed by atoms with Crippen LogP contribution >= 0.6 is 15.9 Å². The first kappa shape index (κ1) is 16.9. The van der Waals surface area contributed by atoms with Gasteiger partial charge in [-0.25, -0.2) is 0 Å². The summed E-state index contributed by atoms with van der Waals surface area (Å²) in [6.07, 6.45) is 2.64. The number of halogens is 1. The summed E-state index contributed by atoms with van der Waals surface area (Å²) in [5, 5.41) is 0. The van der Waals surface area contributed by atoms with E-state index in [2.05, 4.69) is 64.8 Å². The van der Waals surface area contributed by atoms with Crippen LogP contribution in [-0.4, -0.2) is 49.1 Å². The first-order valence-corrected chi connectivity index (χ1v) is 8.76. The molecule has 1 aromatic rings. The van der Waals surface area contributed by atoms with E-state index in [1.165, 1.54) is 35.0 Å². The van der Waals surface area contributed by atoms with Crippen LogP contribution < -0.4 is 5.73 Å². The van der Waals surface area contributed by atoms with Gasteiger partial charge in [0.2, 0.25) is 0 Å². The first-order chi connectivity index (χ1) is 10.1. The molecule has 2 unspecified atom stereocenters. The quantitative estimate of drug-likeness (QED) is 0.852. The van der Waals surface area contributed by atoms with E-state index in [4.69, 9.17) is 5.73 Å². The van der Waals surface area contributed by atoms with Crippen molar-refractivity contribution in [2.45, 2.75) is 38.8 Å². The van der Waals surface area contributed by atoms with Crippen LogP contribution in [0.25, 0.3) is 0 Å². The molecule has 2 N–H and O–H groups in total. The fourth-order valence-electron chi connectivity index (χ4n) is 3.42. The number of likely N-dealkylation sites (tertiary alicyclic amines) is 1. The molecule has 2 atom stereocenters. The molecule has 1 fully saturated rings. The van der Waals surface area contributed by atoms with Crippen molar-refractivity contribution in [3.05, 3.63) is 33.8 Å². The van der Waals surface area contributed by atoms with Gasteiger partial charge in [-0.1, -0.05) is 35.0 Å². The molecule has 0 saturated carbocycles. The lowest BCUT2D eigenvalue weighted by molar-refractivity contribution is 0.165. The Hall–Kier alpha value is -0.420. The van der Waals surface area contributed by atoms with Gasteiger partial charge >= 0.3 is 0 Å². The van der Waals surface area contributed by atoms with E-state index in [1.54, 1.807) is 0 Å². The Bertz CT molecular complexity index is 463. The molecule has 0 radical (unpaired) electrons. The van der Waals surface area contributed by atoms with Gasteiger partial charge < -0.3 is 5.73 Å². The van der Waals surface area contributed by atoms with Gasteiger partial charge in [0, 0.05) is 29.6 Å². The first-order valence-electron chi connectivity index (χ1n) is 7.97. The Morgan fingerprint density at radius 1 is 1.48 bits per heavy atom. The molecular formula is C17H28BrN3. The molecule has 0 spiro atoms. The average molecular weight is 354 g/mol. The summed E-state index contributed by atoms with van der Waals surface area (Å²) in [6, 6.07) is 7.52. The molecule has 1 aliphatic heterocycles. The number of likely N-dealkylation sites (N-methyl/N-ethyl adjacent to an activating group) is 2. The summed E-state index contributed by atoms with van der Waals surface area (Å²) in [5.41, 5.74) is 8.65. The van der Waals surface area contributed by atoms with Crippen molar-refractivity contribution in [3.8, 4) is 0 Å². The number of nitrogens with zero attached hydrogens (tertiary/aromatic N) is 2. The van der Waals surface area contributed by atoms with Gasteiger partial charge in [-0.05, 0) is 57.1 Å². The third kappa shape index (κ3) is 4.07. The summed E-state index contributed by atoms with van der Waals surface area (Å²) in [5.74, 6) is 0. The third-order valence-corrected chi connectivity index (χ3v) is 5.36. The van der Waals surface area contributed by atoms with Crippen molar-refractivity contribution < 1.29 is 0 Å². The van der Waals surface area contributed by atoms with Gasteiger partial charge in [-0.3, -0.25) is 9.80 Å². The highest BCUT2D eigenvalue weighted by Crippen LogP contribution is 2.29. The zero-order valence-corrected chi connectivity index (χ0v) is 15.1. The molecule has 1 aliphatic rings. The summed E-state index contributed by atoms with van der Waals surface area (Å²) in [6.45, 7) is 8.52. The summed E-state index contributed by atoms with van der Waals surface area (Å²) in [7, 11) is 2.20. The average Bonchev–Trinajstić information content (AvgIpc) is 2.89. The molecule has 3 nitrogen and oxygen atoms in total.